The molecule has 0 bridgehead atoms. The molecule has 1 heteroatoms. The van der Waals surface area contributed by atoms with Crippen molar-refractivity contribution in [3.8, 4) is 0 Å². The molecule has 2 aliphatic rings. The lowest BCUT2D eigenvalue weighted by Gasteiger charge is -1.83. The van der Waals surface area contributed by atoms with Gasteiger partial charge < -0.3 is 5.32 Å². The monoisotopic (exact) mass is 81.1 g/mol. The lowest BCUT2D eigenvalue weighted by Crippen LogP contribution is -2.08. The van der Waals surface area contributed by atoms with Crippen molar-refractivity contribution >= 4 is 0 Å². The molecule has 0 aromatic carbocycles. The maximum Gasteiger partial charge on any atom is 0.0171 e. The van der Waals surface area contributed by atoms with E-state index in [0.717, 1.165) is 5.92 Å². The van der Waals surface area contributed by atoms with Crippen molar-refractivity contribution in [2.75, 3.05) is 13.1 Å². The van der Waals surface area contributed by atoms with Crippen LogP contribution in [0.4, 0.5) is 0 Å². The van der Waals surface area contributed by atoms with Gasteiger partial charge in [0.15, 0.2) is 0 Å². The quantitative estimate of drug-likeness (QED) is 0.409. The maximum atomic E-state index is 3.25. The summed E-state index contributed by atoms with van der Waals surface area (Å²) < 4.78 is 0. The van der Waals surface area contributed by atoms with Crippen LogP contribution in [-0.2, 0) is 0 Å². The molecule has 1 heterocycles. The van der Waals surface area contributed by atoms with Crippen molar-refractivity contribution in [2.45, 2.75) is 0 Å². The lowest BCUT2D eigenvalue weighted by molar-refractivity contribution is 0.801. The summed E-state index contributed by atoms with van der Waals surface area (Å²) in [6, 6.07) is 0. The van der Waals surface area contributed by atoms with Crippen LogP contribution in [-0.4, -0.2) is 13.1 Å². The Morgan fingerprint density at radius 1 is 1.83 bits per heavy atom. The molecule has 0 radical (unpaired) electrons. The fourth-order valence-electron chi connectivity index (χ4n) is 0.962. The van der Waals surface area contributed by atoms with Crippen LogP contribution in [0.25, 0.3) is 0 Å². The molecule has 1 N–H and O–H groups in total. The topological polar surface area (TPSA) is 12.0 Å². The second kappa shape index (κ2) is 0.684. The molecule has 1 atom stereocenters. The molecule has 6 heavy (non-hydrogen) atoms. The van der Waals surface area contributed by atoms with Crippen LogP contribution in [0.5, 0.6) is 0 Å². The van der Waals surface area contributed by atoms with Crippen LogP contribution in [0.15, 0.2) is 11.6 Å². The van der Waals surface area contributed by atoms with Crippen LogP contribution < -0.4 is 5.32 Å². The summed E-state index contributed by atoms with van der Waals surface area (Å²) in [6.07, 6.45) is 2.33. The first kappa shape index (κ1) is 2.80. The van der Waals surface area contributed by atoms with Gasteiger partial charge in [-0.3, -0.25) is 0 Å². The number of nitrogens with one attached hydrogen (secondary N) is 1. The normalized spacial score (nSPS) is 38.7. The van der Waals surface area contributed by atoms with E-state index in [2.05, 4.69) is 11.4 Å². The van der Waals surface area contributed by atoms with Crippen molar-refractivity contribution < 1.29 is 0 Å². The second-order valence-corrected chi connectivity index (χ2v) is 1.98. The van der Waals surface area contributed by atoms with E-state index >= 15 is 0 Å². The number of fused-ring (bicyclic) bond motifs is 1. The first-order chi connectivity index (χ1) is 2.97. The summed E-state index contributed by atoms with van der Waals surface area (Å²) in [5, 5.41) is 3.25. The highest BCUT2D eigenvalue weighted by Gasteiger charge is 2.28. The molecule has 2 rings (SSSR count). The zero-order valence-corrected chi connectivity index (χ0v) is 3.57. The van der Waals surface area contributed by atoms with Gasteiger partial charge in [-0.05, 0) is 0 Å². The summed E-state index contributed by atoms with van der Waals surface area (Å²) in [7, 11) is 0. The summed E-state index contributed by atoms with van der Waals surface area (Å²) in [5.74, 6) is 0.894. The van der Waals surface area contributed by atoms with Crippen molar-refractivity contribution in [3.63, 3.8) is 0 Å². The Hall–Kier alpha value is -0.300. The molecule has 1 aliphatic carbocycles. The summed E-state index contributed by atoms with van der Waals surface area (Å²) in [6.45, 7) is 2.39. The molecule has 1 fully saturated rings. The second-order valence-electron chi connectivity index (χ2n) is 1.98. The Labute approximate surface area is 37.0 Å². The Balaban J connectivity index is 2.22. The molecular formula is C5H7N. The average molecular weight is 81.1 g/mol. The zero-order chi connectivity index (χ0) is 3.98. The van der Waals surface area contributed by atoms with Crippen molar-refractivity contribution in [3.05, 3.63) is 11.6 Å². The van der Waals surface area contributed by atoms with Gasteiger partial charge in [0.1, 0.15) is 0 Å². The van der Waals surface area contributed by atoms with Crippen molar-refractivity contribution in [2.24, 2.45) is 5.92 Å². The molecule has 1 saturated heterocycles. The molecule has 0 saturated carbocycles. The van der Waals surface area contributed by atoms with Gasteiger partial charge in [0.2, 0.25) is 0 Å². The van der Waals surface area contributed by atoms with Gasteiger partial charge in [-0.1, -0.05) is 11.6 Å². The van der Waals surface area contributed by atoms with Crippen LogP contribution >= 0.6 is 0 Å². The Morgan fingerprint density at radius 3 is 3.00 bits per heavy atom. The minimum atomic E-state index is 0.894. The first-order valence-electron chi connectivity index (χ1n) is 2.38. The van der Waals surface area contributed by atoms with E-state index in [-0.39, 0.29) is 0 Å². The third-order valence-corrected chi connectivity index (χ3v) is 1.48. The standard InChI is InChI=1S/C5H7N/c1-4-2-6-3-5(1)4/h1,4,6H,2-3H2. The summed E-state index contributed by atoms with van der Waals surface area (Å²) in [4.78, 5) is 0. The van der Waals surface area contributed by atoms with Crippen LogP contribution in [0.1, 0.15) is 0 Å². The van der Waals surface area contributed by atoms with E-state index in [1.165, 1.54) is 13.1 Å². The van der Waals surface area contributed by atoms with Gasteiger partial charge in [0, 0.05) is 19.0 Å². The van der Waals surface area contributed by atoms with Crippen molar-refractivity contribution in [1.29, 1.82) is 0 Å². The van der Waals surface area contributed by atoms with Gasteiger partial charge in [0.05, 0.1) is 0 Å². The summed E-state index contributed by atoms with van der Waals surface area (Å²) >= 11 is 0. The maximum absolute atomic E-state index is 3.25. The number of rotatable bonds is 0. The van der Waals surface area contributed by atoms with E-state index in [0.29, 0.717) is 0 Å². The zero-order valence-electron chi connectivity index (χ0n) is 3.57. The molecular weight excluding hydrogens is 74.1 g/mol. The molecule has 0 aromatic heterocycles. The molecule has 0 spiro atoms. The highest BCUT2D eigenvalue weighted by atomic mass is 14.9. The largest absolute Gasteiger partial charge is 0.312 e. The fraction of sp³-hybridized carbons (Fsp3) is 0.600. The van der Waals surface area contributed by atoms with Gasteiger partial charge in [-0.2, -0.15) is 0 Å². The van der Waals surface area contributed by atoms with E-state index < -0.39 is 0 Å². The smallest absolute Gasteiger partial charge is 0.0171 e. The Bertz CT molecular complexity index is 105. The van der Waals surface area contributed by atoms with E-state index in [1.807, 2.05) is 0 Å². The SMILES string of the molecule is C1=C2CNCC12. The average Bonchev–Trinajstić information content (AvgIpc) is 2.17. The van der Waals surface area contributed by atoms with E-state index in [1.54, 1.807) is 5.57 Å². The molecule has 0 aromatic rings. The molecule has 0 amide bonds. The highest BCUT2D eigenvalue weighted by molar-refractivity contribution is 5.34. The molecule has 1 aliphatic heterocycles. The third kappa shape index (κ3) is 0.197. The highest BCUT2D eigenvalue weighted by Crippen LogP contribution is 2.30. The molecule has 1 nitrogen and oxygen atoms in total. The molecule has 1 unspecified atom stereocenters. The Kier molecular flexibility index (Phi) is 0.320. The van der Waals surface area contributed by atoms with Gasteiger partial charge in [-0.15, -0.1) is 0 Å². The minimum Gasteiger partial charge on any atom is -0.312 e. The van der Waals surface area contributed by atoms with Gasteiger partial charge in [-0.25, -0.2) is 0 Å². The number of hydrogen-bond donors (Lipinski definition) is 1. The number of hydrogen-bond acceptors (Lipinski definition) is 1. The van der Waals surface area contributed by atoms with Gasteiger partial charge >= 0.3 is 0 Å². The van der Waals surface area contributed by atoms with Crippen molar-refractivity contribution in [1.82, 2.24) is 5.32 Å². The van der Waals surface area contributed by atoms with E-state index in [9.17, 15) is 0 Å². The first-order valence-corrected chi connectivity index (χ1v) is 2.38. The predicted octanol–water partition coefficient (Wildman–Crippen LogP) is 0.146. The fourth-order valence-corrected chi connectivity index (χ4v) is 0.962. The van der Waals surface area contributed by atoms with Crippen LogP contribution in [0.3, 0.4) is 0 Å². The van der Waals surface area contributed by atoms with Crippen LogP contribution in [0, 0.1) is 5.92 Å². The minimum absolute atomic E-state index is 0.894. The molecule has 32 valence electrons. The Morgan fingerprint density at radius 2 is 2.83 bits per heavy atom. The lowest BCUT2D eigenvalue weighted by atomic mass is 10.4. The van der Waals surface area contributed by atoms with E-state index in [4.69, 9.17) is 0 Å². The summed E-state index contributed by atoms with van der Waals surface area (Å²) in [5.41, 5.74) is 1.63. The third-order valence-electron chi connectivity index (χ3n) is 1.48. The van der Waals surface area contributed by atoms with Gasteiger partial charge in [0.25, 0.3) is 0 Å². The van der Waals surface area contributed by atoms with Crippen LogP contribution in [0.2, 0.25) is 0 Å². The predicted molar refractivity (Wildman–Crippen MR) is 24.4 cm³/mol.